The van der Waals surface area contributed by atoms with E-state index in [1.807, 2.05) is 21.7 Å². The molecular formula is C74H117N8Na2O53-. The van der Waals surface area contributed by atoms with Crippen molar-refractivity contribution in [3.05, 3.63) is 0 Å². The van der Waals surface area contributed by atoms with Crippen LogP contribution in [0.1, 0.15) is 54.4 Å². The van der Waals surface area contributed by atoms with Gasteiger partial charge in [0.15, 0.2) is 75.1 Å². The summed E-state index contributed by atoms with van der Waals surface area (Å²) >= 11 is 0. The molecule has 0 bridgehead atoms. The van der Waals surface area contributed by atoms with E-state index >= 15 is 0 Å². The molecule has 63 heteroatoms. The molecule has 0 radical (unpaired) electrons. The molecule has 10 rings (SSSR count). The monoisotopic (exact) mass is 2010 g/mol. The van der Waals surface area contributed by atoms with E-state index < -0.39 is 399 Å². The number of hydrogen-bond donors (Lipinski definition) is 30. The fraction of sp³-hybridized carbons (Fsp3) is 0.865. The maximum absolute atomic E-state index is 14.8. The minimum absolute atomic E-state index is 0. The molecule has 10 saturated heterocycles. The molecule has 137 heavy (non-hydrogen) atoms. The average molecular weight is 2010 g/mol. The van der Waals surface area contributed by atoms with Gasteiger partial charge in [-0.15, -0.1) is 0 Å². The van der Waals surface area contributed by atoms with Crippen LogP contribution in [0.15, 0.2) is 0 Å². The van der Waals surface area contributed by atoms with E-state index in [4.69, 9.17) is 90.0 Å². The first-order valence-corrected chi connectivity index (χ1v) is 41.9. The summed E-state index contributed by atoms with van der Waals surface area (Å²) in [6.45, 7) is 2.05. The maximum atomic E-state index is 14.8. The molecule has 61 nitrogen and oxygen atoms in total. The van der Waals surface area contributed by atoms with Gasteiger partial charge in [0.2, 0.25) is 35.4 Å². The van der Waals surface area contributed by atoms with Crippen LogP contribution in [0, 0.1) is 11.8 Å². The minimum Gasteiger partial charge on any atom is -0.870 e. The number of hydrogen-bond acceptors (Lipinski definition) is 53. The minimum atomic E-state index is -2.59. The summed E-state index contributed by atoms with van der Waals surface area (Å²) in [6.07, 6.45) is -95.8. The second-order valence-corrected chi connectivity index (χ2v) is 33.3. The maximum Gasteiger partial charge on any atom is 1.00 e. The van der Waals surface area contributed by atoms with Crippen LogP contribution in [-0.2, 0) is 138 Å². The molecule has 10 fully saturated rings. The summed E-state index contributed by atoms with van der Waals surface area (Å²) in [4.78, 5) is 133. The van der Waals surface area contributed by atoms with Gasteiger partial charge in [-0.3, -0.25) is 60.1 Å². The molecule has 10 aliphatic rings. The third-order valence-electron chi connectivity index (χ3n) is 23.9. The molecule has 10 aliphatic heterocycles. The topological polar surface area (TPSA) is 940 Å². The number of carbonyl (C=O) groups excluding carboxylic acids is 10. The van der Waals surface area contributed by atoms with Gasteiger partial charge in [-0.2, -0.15) is 0 Å². The zero-order chi connectivity index (χ0) is 99.1. The standard InChI is InChI=1S/C74H117N8O52.2Na.H2O/c1-16-24(11-83)120-69(47(106)35(16)94)126-56-33(77-20(5)90)67(123-27(14-86)41(56)100)130-58-45(104)51(110)73(127-54-31(75-18(3)88)65(116-7)121-25(12-84)39(54)98)132-60(58)62(112)81-79-29(92)9-22-37(96)43(102)49(108)70(118-22)134-71-50(109)44(103)38(97)23(119-71)10-30(93)80-82-63(113)61-59(46(105)52(111)74(133-61)128-55-32(76-19(4)89)66(117-8)122-26(13-85)40(55)99)131-68-34(78-21(6)91)57(42(101)28(15-87)124-68)129-72-48(107)36(95)17(2)53(125-72)64(114)115;;;/h16-17,22-28,31-61,65-74,84-87,94-111H,9-10,12-15H2,1-8H3,(H,75,88)(H,76,89)(H,77,90)(H,78,91)(H,79,92)(H,80,93)(H,81,112)(H,82,113)(H,114,115);;;1H2/q-1;2*+1;/p-2/t16-,17+,22?,23?,24?,25?,26?,27?,28?,31?,32?,33?,34?,35+,36+,37-,38-,39-,40-,41-,42-,43+,44+,45-,46-,47?,48?,49?,50?,51+,52?,53?,54-,55-,56-,57-,58+,59+,60?,61?,65-,66-,67+,68+,69+,70-,71-,72+,73?,74-;;;/m1.../s1. The van der Waals surface area contributed by atoms with E-state index in [-0.39, 0.29) is 64.6 Å². The summed E-state index contributed by atoms with van der Waals surface area (Å²) in [6, 6.07) is -7.14. The van der Waals surface area contributed by atoms with Crippen molar-refractivity contribution in [2.45, 2.75) is 349 Å². The van der Waals surface area contributed by atoms with Crippen molar-refractivity contribution < 1.29 is 320 Å². The number of methoxy groups -OCH3 is 2. The van der Waals surface area contributed by atoms with Crippen LogP contribution in [0.3, 0.4) is 0 Å². The third kappa shape index (κ3) is 27.3. The second-order valence-electron chi connectivity index (χ2n) is 33.3. The van der Waals surface area contributed by atoms with Crippen LogP contribution < -0.4 is 107 Å². The number of ether oxygens (including phenoxy) is 19. The normalized spacial score (nSPS) is 45.0. The van der Waals surface area contributed by atoms with Crippen LogP contribution in [0.4, 0.5) is 0 Å². The zero-order valence-electron chi connectivity index (χ0n) is 74.6. The Balaban J connectivity index is 0.00000852. The molecule has 0 spiro atoms. The fourth-order valence-corrected chi connectivity index (χ4v) is 16.7. The van der Waals surface area contributed by atoms with E-state index in [0.29, 0.717) is 0 Å². The van der Waals surface area contributed by atoms with Crippen LogP contribution in [0.5, 0.6) is 0 Å². The summed E-state index contributed by atoms with van der Waals surface area (Å²) in [5, 5.41) is 268. The molecule has 0 aromatic rings. The van der Waals surface area contributed by atoms with Gasteiger partial charge >= 0.3 is 59.1 Å². The molecule has 10 heterocycles. The van der Waals surface area contributed by atoms with Gasteiger partial charge in [0, 0.05) is 47.8 Å². The predicted molar refractivity (Wildman–Crippen MR) is 411 cm³/mol. The predicted octanol–water partition coefficient (Wildman–Crippen LogP) is -28.6. The number of nitrogens with one attached hydrogen (secondary N) is 8. The van der Waals surface area contributed by atoms with Crippen molar-refractivity contribution in [2.75, 3.05) is 40.6 Å². The van der Waals surface area contributed by atoms with Crippen molar-refractivity contribution >= 4 is 59.5 Å². The Kier molecular flexibility index (Phi) is 45.5. The number of aliphatic hydroxyl groups is 22. The Bertz CT molecular complexity index is 3910. The summed E-state index contributed by atoms with van der Waals surface area (Å²) in [5.74, 6) is -14.2. The first-order valence-electron chi connectivity index (χ1n) is 41.9. The fourth-order valence-electron chi connectivity index (χ4n) is 16.7. The summed E-state index contributed by atoms with van der Waals surface area (Å²) < 4.78 is 109. The SMILES string of the molecule is CO[C@@H]1OC(CO)[C@@H](O)[C@H](OC2OC(C(=O)NNC(=O)CC3O[C@H](O[C@H]4OC(CC(=O)NNC(=O)C5O[C@@H](O[C@@H]6C(NC(C)=O)[C@H](OC)OC(CO)[C@H]6O)C(O)[C@@H](O)[C@@H]5O[C@@H]5OC(CO)[C@@H](O)[C@H](O[C@@H]6OC(C(=O)[O-])[C@@H](C)[C@H](O)C6O)C5NC(C)=O)[C@@H](O)[C@H](O)C4O)C(O)[C@@H](O)[C@@H]3O)[C@@H](O[C@@H]3OC(CO)[C@@H](O)[C@H](O[C@@H]4OC([C-]=O)[C@@H](C)[C@H](O)C4O)C3NC(C)=O)[C@H](O)[C@@H]2O)C1NC(C)=O.[Na+].[Na+].[OH-]. The Morgan fingerprint density at radius 1 is 0.299 bits per heavy atom. The van der Waals surface area contributed by atoms with Gasteiger partial charge in [-0.05, 0) is 12.0 Å². The van der Waals surface area contributed by atoms with Crippen molar-refractivity contribution in [3.63, 3.8) is 0 Å². The van der Waals surface area contributed by atoms with Crippen molar-refractivity contribution in [3.8, 4) is 0 Å². The number of aliphatic hydroxyl groups excluding tert-OH is 22. The smallest absolute Gasteiger partial charge is 0.870 e. The molecule has 774 valence electrons. The van der Waals surface area contributed by atoms with E-state index in [9.17, 15) is 165 Å². The molecule has 31 N–H and O–H groups in total. The van der Waals surface area contributed by atoms with Gasteiger partial charge in [-0.25, -0.2) is 6.29 Å². The Morgan fingerprint density at radius 3 is 0.847 bits per heavy atom. The van der Waals surface area contributed by atoms with E-state index in [1.165, 1.54) is 13.2 Å². The van der Waals surface area contributed by atoms with Crippen LogP contribution in [-0.4, -0.2) is 513 Å². The Morgan fingerprint density at radius 2 is 0.555 bits per heavy atom. The van der Waals surface area contributed by atoms with Crippen LogP contribution in [0.2, 0.25) is 0 Å². The summed E-state index contributed by atoms with van der Waals surface area (Å²) in [5.41, 5.74) is 7.57. The largest absolute Gasteiger partial charge is 1.00 e. The molecule has 50 atom stereocenters. The van der Waals surface area contributed by atoms with Gasteiger partial charge in [0.05, 0.1) is 69.7 Å². The van der Waals surface area contributed by atoms with Gasteiger partial charge < -0.3 is 244 Å². The van der Waals surface area contributed by atoms with Crippen LogP contribution in [0.25, 0.3) is 0 Å². The average Bonchev–Trinajstić information content (AvgIpc) is 0.764. The van der Waals surface area contributed by atoms with E-state index in [0.717, 1.165) is 48.8 Å². The third-order valence-corrected chi connectivity index (χ3v) is 23.9. The number of carboxylic acids is 1. The quantitative estimate of drug-likeness (QED) is 0.0169. The number of hydrazine groups is 2. The first-order chi connectivity index (χ1) is 63.2. The summed E-state index contributed by atoms with van der Waals surface area (Å²) in [7, 11) is 2.15. The number of amides is 8. The van der Waals surface area contributed by atoms with E-state index in [1.54, 1.807) is 0 Å². The molecule has 0 saturated carbocycles. The van der Waals surface area contributed by atoms with Gasteiger partial charge in [-0.1, -0.05) is 13.8 Å². The molecule has 0 aromatic heterocycles. The number of rotatable bonds is 32. The number of carboxylic acid groups (broad SMARTS) is 1. The Hall–Kier alpha value is -4.78. The molecule has 0 aromatic carbocycles. The van der Waals surface area contributed by atoms with E-state index in [2.05, 4.69) is 21.3 Å². The molecule has 0 aliphatic carbocycles. The van der Waals surface area contributed by atoms with Crippen LogP contribution >= 0.6 is 0 Å². The first kappa shape index (κ1) is 119. The molecule has 20 unspecified atom stereocenters. The number of aliphatic carboxylic acids is 1. The molecule has 8 amide bonds. The van der Waals surface area contributed by atoms with Crippen molar-refractivity contribution in [1.82, 2.24) is 43.0 Å². The van der Waals surface area contributed by atoms with Gasteiger partial charge in [0.1, 0.15) is 189 Å². The Labute approximate surface area is 819 Å². The van der Waals surface area contributed by atoms with Gasteiger partial charge in [0.25, 0.3) is 11.8 Å². The zero-order valence-corrected chi connectivity index (χ0v) is 78.6. The second kappa shape index (κ2) is 52.3. The number of carbonyl (C=O) groups is 9. The van der Waals surface area contributed by atoms with Crippen molar-refractivity contribution in [2.24, 2.45) is 11.8 Å². The molecular weight excluding hydrogens is 1890 g/mol. The van der Waals surface area contributed by atoms with Crippen molar-refractivity contribution in [1.29, 1.82) is 0 Å².